The number of esters is 1. The summed E-state index contributed by atoms with van der Waals surface area (Å²) < 4.78 is 57.8. The smallest absolute Gasteiger partial charge is 0.493 e. The van der Waals surface area contributed by atoms with Crippen LogP contribution in [0.4, 0.5) is 23.8 Å². The van der Waals surface area contributed by atoms with E-state index in [1.54, 1.807) is 51.1 Å². The average Bonchev–Trinajstić information content (AvgIpc) is 3.15. The van der Waals surface area contributed by atoms with Crippen molar-refractivity contribution in [3.8, 4) is 5.75 Å². The van der Waals surface area contributed by atoms with Crippen LogP contribution in [-0.2, 0) is 38.6 Å². The first-order valence-electron chi connectivity index (χ1n) is 14.6. The molecule has 2 heterocycles. The monoisotopic (exact) mass is 646 g/mol. The number of methoxy groups -OCH3 is 1. The first-order valence-corrected chi connectivity index (χ1v) is 14.6. The average molecular weight is 647 g/mol. The van der Waals surface area contributed by atoms with E-state index >= 15 is 0 Å². The molecule has 0 aliphatic carbocycles. The zero-order valence-electron chi connectivity index (χ0n) is 26.5. The SMILES string of the molecule is CC(C)(C)OC(=O)N(CCCOc1ccc2c(c1)CN(Cc1ccc(F)c(F)c1F)C(=O)CC2)c1cccc[n+]1O.COC(C)=O. The highest BCUT2D eigenvalue weighted by molar-refractivity contribution is 5.85. The number of amides is 2. The van der Waals surface area contributed by atoms with Crippen molar-refractivity contribution < 1.29 is 51.7 Å². The summed E-state index contributed by atoms with van der Waals surface area (Å²) >= 11 is 0. The molecule has 2 amide bonds. The lowest BCUT2D eigenvalue weighted by atomic mass is 10.0. The molecule has 0 unspecified atom stereocenters. The maximum Gasteiger partial charge on any atom is 0.507 e. The fourth-order valence-corrected chi connectivity index (χ4v) is 4.48. The number of aryl methyl sites for hydroxylation is 1. The summed E-state index contributed by atoms with van der Waals surface area (Å²) in [5.41, 5.74) is 0.906. The van der Waals surface area contributed by atoms with Gasteiger partial charge in [0.25, 0.3) is 0 Å². The number of ether oxygens (including phenoxy) is 3. The number of aromatic nitrogens is 1. The largest absolute Gasteiger partial charge is 0.507 e. The Morgan fingerprint density at radius 2 is 1.74 bits per heavy atom. The van der Waals surface area contributed by atoms with E-state index in [2.05, 4.69) is 4.74 Å². The lowest BCUT2D eigenvalue weighted by Gasteiger charge is -2.22. The summed E-state index contributed by atoms with van der Waals surface area (Å²) in [6, 6.07) is 12.4. The van der Waals surface area contributed by atoms with Gasteiger partial charge in [-0.2, -0.15) is 9.69 Å². The molecule has 10 nitrogen and oxygen atoms in total. The third-order valence-electron chi connectivity index (χ3n) is 6.77. The Bertz CT molecular complexity index is 1550. The van der Waals surface area contributed by atoms with Crippen molar-refractivity contribution in [2.75, 3.05) is 25.2 Å². The number of carbonyl (C=O) groups is 3. The van der Waals surface area contributed by atoms with E-state index in [0.29, 0.717) is 18.6 Å². The van der Waals surface area contributed by atoms with Crippen LogP contribution in [-0.4, -0.2) is 53.9 Å². The molecule has 2 aromatic carbocycles. The van der Waals surface area contributed by atoms with Gasteiger partial charge in [-0.05, 0) is 62.6 Å². The minimum Gasteiger partial charge on any atom is -0.493 e. The second-order valence-corrected chi connectivity index (χ2v) is 11.4. The molecule has 0 atom stereocenters. The zero-order valence-corrected chi connectivity index (χ0v) is 26.5. The molecule has 0 fully saturated rings. The van der Waals surface area contributed by atoms with Crippen molar-refractivity contribution >= 4 is 23.8 Å². The van der Waals surface area contributed by atoms with Gasteiger partial charge >= 0.3 is 17.9 Å². The molecule has 248 valence electrons. The van der Waals surface area contributed by atoms with E-state index in [-0.39, 0.29) is 55.9 Å². The predicted octanol–water partition coefficient (Wildman–Crippen LogP) is 5.49. The molecule has 0 radical (unpaired) electrons. The topological polar surface area (TPSA) is 109 Å². The quantitative estimate of drug-likeness (QED) is 0.113. The Balaban J connectivity index is 0.00000107. The summed E-state index contributed by atoms with van der Waals surface area (Å²) in [6.07, 6.45) is 1.88. The van der Waals surface area contributed by atoms with Gasteiger partial charge in [0.2, 0.25) is 5.91 Å². The summed E-state index contributed by atoms with van der Waals surface area (Å²) in [5.74, 6) is -3.84. The second-order valence-electron chi connectivity index (χ2n) is 11.4. The summed E-state index contributed by atoms with van der Waals surface area (Å²) in [4.78, 5) is 37.9. The Hall–Kier alpha value is -4.81. The molecule has 1 aromatic heterocycles. The highest BCUT2D eigenvalue weighted by Crippen LogP contribution is 2.27. The van der Waals surface area contributed by atoms with Crippen molar-refractivity contribution in [3.63, 3.8) is 0 Å². The van der Waals surface area contributed by atoms with Crippen LogP contribution in [0.5, 0.6) is 5.75 Å². The minimum absolute atomic E-state index is 0.106. The number of anilines is 1. The minimum atomic E-state index is -1.56. The lowest BCUT2D eigenvalue weighted by molar-refractivity contribution is -0.894. The Kier molecular flexibility index (Phi) is 12.4. The van der Waals surface area contributed by atoms with Gasteiger partial charge in [0.05, 0.1) is 13.7 Å². The maximum absolute atomic E-state index is 14.3. The number of rotatable bonds is 8. The highest BCUT2D eigenvalue weighted by atomic mass is 19.2. The molecule has 1 N–H and O–H groups in total. The fourth-order valence-electron chi connectivity index (χ4n) is 4.48. The highest BCUT2D eigenvalue weighted by Gasteiger charge is 2.32. The predicted molar refractivity (Wildman–Crippen MR) is 161 cm³/mol. The van der Waals surface area contributed by atoms with Crippen LogP contribution in [0.3, 0.4) is 0 Å². The van der Waals surface area contributed by atoms with Gasteiger partial charge < -0.3 is 24.3 Å². The summed E-state index contributed by atoms with van der Waals surface area (Å²) in [6.45, 7) is 7.02. The normalized spacial score (nSPS) is 12.7. The van der Waals surface area contributed by atoms with Gasteiger partial charge in [0, 0.05) is 44.5 Å². The number of benzene rings is 2. The van der Waals surface area contributed by atoms with Crippen LogP contribution < -0.4 is 14.4 Å². The van der Waals surface area contributed by atoms with Crippen molar-refractivity contribution in [1.82, 2.24) is 4.90 Å². The Morgan fingerprint density at radius 1 is 1.02 bits per heavy atom. The zero-order chi connectivity index (χ0) is 34.0. The lowest BCUT2D eigenvalue weighted by Crippen LogP contribution is -2.45. The first-order chi connectivity index (χ1) is 21.7. The summed E-state index contributed by atoms with van der Waals surface area (Å²) in [5, 5.41) is 10.2. The van der Waals surface area contributed by atoms with Gasteiger partial charge in [0.1, 0.15) is 24.1 Å². The Morgan fingerprint density at radius 3 is 2.39 bits per heavy atom. The number of hydrogen-bond donors (Lipinski definition) is 1. The van der Waals surface area contributed by atoms with Gasteiger partial charge in [-0.3, -0.25) is 9.59 Å². The van der Waals surface area contributed by atoms with Crippen molar-refractivity contribution in [3.05, 3.63) is 88.9 Å². The van der Waals surface area contributed by atoms with Crippen molar-refractivity contribution in [1.29, 1.82) is 0 Å². The van der Waals surface area contributed by atoms with Crippen LogP contribution in [0.1, 0.15) is 57.2 Å². The molecular weight excluding hydrogens is 607 g/mol. The van der Waals surface area contributed by atoms with Crippen LogP contribution in [0, 0.1) is 17.5 Å². The Labute approximate surface area is 265 Å². The number of fused-ring (bicyclic) bond motifs is 1. The third kappa shape index (κ3) is 10.1. The number of halogens is 3. The van der Waals surface area contributed by atoms with Crippen molar-refractivity contribution in [2.24, 2.45) is 0 Å². The van der Waals surface area contributed by atoms with E-state index in [1.807, 2.05) is 6.07 Å². The molecule has 1 aliphatic rings. The molecule has 46 heavy (non-hydrogen) atoms. The molecule has 0 bridgehead atoms. The number of hydrogen-bond acceptors (Lipinski definition) is 7. The van der Waals surface area contributed by atoms with E-state index < -0.39 is 29.1 Å². The molecule has 0 spiro atoms. The molecule has 3 aromatic rings. The summed E-state index contributed by atoms with van der Waals surface area (Å²) in [7, 11) is 1.35. The third-order valence-corrected chi connectivity index (χ3v) is 6.77. The number of carbonyl (C=O) groups excluding carboxylic acids is 3. The van der Waals surface area contributed by atoms with Crippen LogP contribution in [0.25, 0.3) is 0 Å². The molecule has 13 heteroatoms. The molecular formula is C33H39F3N3O7+. The first kappa shape index (κ1) is 35.7. The van der Waals surface area contributed by atoms with Crippen LogP contribution in [0.2, 0.25) is 0 Å². The number of nitrogens with zero attached hydrogens (tertiary/aromatic N) is 3. The van der Waals surface area contributed by atoms with Crippen LogP contribution in [0.15, 0.2) is 54.7 Å². The maximum atomic E-state index is 14.3. The second kappa shape index (κ2) is 16.0. The molecule has 1 aliphatic heterocycles. The van der Waals surface area contributed by atoms with Crippen LogP contribution >= 0.6 is 0 Å². The van der Waals surface area contributed by atoms with Crippen molar-refractivity contribution in [2.45, 2.75) is 65.6 Å². The van der Waals surface area contributed by atoms with Gasteiger partial charge in [-0.1, -0.05) is 22.9 Å². The van der Waals surface area contributed by atoms with Gasteiger partial charge in [-0.25, -0.2) is 13.2 Å². The van der Waals surface area contributed by atoms with Gasteiger partial charge in [0.15, 0.2) is 17.5 Å². The molecule has 0 saturated heterocycles. The van der Waals surface area contributed by atoms with E-state index in [9.17, 15) is 32.8 Å². The van der Waals surface area contributed by atoms with E-state index in [4.69, 9.17) is 9.47 Å². The van der Waals surface area contributed by atoms with E-state index in [0.717, 1.165) is 28.0 Å². The fraction of sp³-hybridized carbons (Fsp3) is 0.394. The van der Waals surface area contributed by atoms with Gasteiger partial charge in [-0.15, -0.1) is 0 Å². The number of pyridine rings is 1. The molecule has 4 rings (SSSR count). The van der Waals surface area contributed by atoms with E-state index in [1.165, 1.54) is 30.0 Å². The molecule has 0 saturated carbocycles. The standard InChI is InChI=1S/C30H33F3N3O5.C3H6O2/c1-30(2,3)41-29(38)35(25-7-4-5-15-36(25)39)14-6-16-40-23-11-8-20-10-13-26(37)34(19-22(20)17-23)18-21-9-12-24(31)28(33)27(21)32;1-3(4)5-2/h4-5,7-9,11-12,15,17,39H,6,10,13-14,16,18-19H2,1-3H3;1-2H3/q+1;.